The van der Waals surface area contributed by atoms with Gasteiger partial charge >= 0.3 is 29.8 Å². The summed E-state index contributed by atoms with van der Waals surface area (Å²) in [5.74, 6) is -7.03. The van der Waals surface area contributed by atoms with Crippen LogP contribution in [0.25, 0.3) is 0 Å². The molecule has 0 aliphatic rings. The number of hydrogen-bond donors (Lipinski definition) is 2. The highest BCUT2D eigenvalue weighted by molar-refractivity contribution is 9.10. The second kappa shape index (κ2) is 15.7. The van der Waals surface area contributed by atoms with Gasteiger partial charge in [-0.1, -0.05) is 11.6 Å². The maximum absolute atomic E-state index is 13.4. The summed E-state index contributed by atoms with van der Waals surface area (Å²) in [4.78, 5) is 74.9. The minimum Gasteiger partial charge on any atom is -0.493 e. The fraction of sp³-hybridized carbons (Fsp3) is 0.200. The molecule has 3 aromatic rings. The summed E-state index contributed by atoms with van der Waals surface area (Å²) in [5, 5.41) is 12.6. The van der Waals surface area contributed by atoms with Crippen molar-refractivity contribution in [2.45, 2.75) is 26.1 Å². The fourth-order valence-corrected chi connectivity index (χ4v) is 4.14. The molecule has 14 nitrogen and oxygen atoms in total. The van der Waals surface area contributed by atoms with Crippen LogP contribution in [-0.2, 0) is 28.7 Å². The molecule has 3 rings (SSSR count). The van der Waals surface area contributed by atoms with Gasteiger partial charge in [-0.2, -0.15) is 0 Å². The van der Waals surface area contributed by atoms with Gasteiger partial charge in [0.1, 0.15) is 0 Å². The molecule has 0 saturated carbocycles. The van der Waals surface area contributed by atoms with E-state index >= 15 is 0 Å². The predicted octanol–water partition coefficient (Wildman–Crippen LogP) is 4.44. The Hall–Kier alpha value is -5.15. The summed E-state index contributed by atoms with van der Waals surface area (Å²) < 4.78 is 31.3. The Morgan fingerprint density at radius 2 is 1.20 bits per heavy atom. The van der Waals surface area contributed by atoms with Crippen LogP contribution in [0, 0.1) is 0 Å². The molecule has 0 fully saturated rings. The van der Waals surface area contributed by atoms with Gasteiger partial charge in [0.2, 0.25) is 12.2 Å². The summed E-state index contributed by atoms with van der Waals surface area (Å²) in [7, 11) is 2.48. The minimum atomic E-state index is -2.39. The van der Waals surface area contributed by atoms with E-state index in [2.05, 4.69) is 21.2 Å². The number of carbonyl (C=O) groups excluding carboxylic acids is 5. The summed E-state index contributed by atoms with van der Waals surface area (Å²) in [6.45, 7) is 2.30. The zero-order valence-electron chi connectivity index (χ0n) is 24.5. The highest BCUT2D eigenvalue weighted by atomic mass is 79.9. The molecule has 0 aromatic heterocycles. The van der Waals surface area contributed by atoms with Gasteiger partial charge in [-0.3, -0.25) is 14.4 Å². The van der Waals surface area contributed by atoms with Gasteiger partial charge in [0, 0.05) is 24.0 Å². The Morgan fingerprint density at radius 3 is 1.61 bits per heavy atom. The highest BCUT2D eigenvalue weighted by Crippen LogP contribution is 2.31. The van der Waals surface area contributed by atoms with E-state index in [0.717, 1.165) is 32.0 Å². The van der Waals surface area contributed by atoms with Gasteiger partial charge in [0.15, 0.2) is 23.0 Å². The van der Waals surface area contributed by atoms with E-state index in [9.17, 15) is 33.9 Å². The molecule has 1 amide bonds. The Balaban J connectivity index is 1.98. The van der Waals surface area contributed by atoms with E-state index in [4.69, 9.17) is 40.0 Å². The number of anilines is 1. The SMILES string of the molecule is COc1cc(C(=O)O[C@H](C(=O)O)[C@@H](OC(=O)c2ccc(OC(C)=O)c(OC)c2)C(=O)Nc2ccc(Br)c(Cl)c2)ccc1OC(C)=O. The number of carboxylic acids is 1. The van der Waals surface area contributed by atoms with Crippen molar-refractivity contribution >= 4 is 69.0 Å². The average molecular weight is 723 g/mol. The molecule has 0 saturated heterocycles. The summed E-state index contributed by atoms with van der Waals surface area (Å²) in [6, 6.07) is 11.2. The third-order valence-corrected chi connectivity index (χ3v) is 6.97. The number of esters is 4. The zero-order chi connectivity index (χ0) is 34.1. The van der Waals surface area contributed by atoms with E-state index in [0.29, 0.717) is 4.47 Å². The van der Waals surface area contributed by atoms with Crippen molar-refractivity contribution in [2.24, 2.45) is 0 Å². The number of amides is 1. The molecule has 0 unspecified atom stereocenters. The summed E-state index contributed by atoms with van der Waals surface area (Å²) >= 11 is 9.31. The first-order valence-corrected chi connectivity index (χ1v) is 14.0. The molecular formula is C30H25BrClNO13. The zero-order valence-corrected chi connectivity index (χ0v) is 26.8. The number of halogens is 2. The molecule has 242 valence electrons. The Bertz CT molecular complexity index is 1690. The molecule has 0 aliphatic carbocycles. The van der Waals surface area contributed by atoms with E-state index in [1.165, 1.54) is 50.6 Å². The monoisotopic (exact) mass is 721 g/mol. The van der Waals surface area contributed by atoms with E-state index in [-0.39, 0.29) is 44.8 Å². The lowest BCUT2D eigenvalue weighted by atomic mass is 10.1. The maximum atomic E-state index is 13.4. The highest BCUT2D eigenvalue weighted by Gasteiger charge is 2.41. The number of ether oxygens (including phenoxy) is 6. The van der Waals surface area contributed by atoms with Crippen LogP contribution in [0.4, 0.5) is 5.69 Å². The number of methoxy groups -OCH3 is 2. The van der Waals surface area contributed by atoms with Crippen LogP contribution >= 0.6 is 27.5 Å². The van der Waals surface area contributed by atoms with Crippen molar-refractivity contribution in [1.82, 2.24) is 0 Å². The standard InChI is InChI=1S/C30H25BrClNO13/c1-14(34)43-21-9-5-16(11-23(21)41-3)29(39)45-25(27(36)33-18-7-8-19(31)20(32)13-18)26(28(37)38)46-30(40)17-6-10-22(44-15(2)35)24(12-17)42-4/h5-13,25-26H,1-4H3,(H,33,36)(H,37,38)/t25-,26+/m1/s1. The number of rotatable bonds is 12. The molecule has 2 atom stereocenters. The number of hydrogen-bond acceptors (Lipinski definition) is 12. The third kappa shape index (κ3) is 9.18. The maximum Gasteiger partial charge on any atom is 0.349 e. The van der Waals surface area contributed by atoms with Crippen LogP contribution in [0.15, 0.2) is 59.1 Å². The molecule has 16 heteroatoms. The van der Waals surface area contributed by atoms with Crippen LogP contribution in [0.3, 0.4) is 0 Å². The van der Waals surface area contributed by atoms with E-state index < -0.39 is 48.0 Å². The molecule has 0 aliphatic heterocycles. The van der Waals surface area contributed by atoms with Crippen molar-refractivity contribution in [3.63, 3.8) is 0 Å². The Labute approximate surface area is 274 Å². The van der Waals surface area contributed by atoms with Gasteiger partial charge in [-0.15, -0.1) is 0 Å². The second-order valence-electron chi connectivity index (χ2n) is 9.03. The number of aliphatic carboxylic acids is 1. The molecular weight excluding hydrogens is 698 g/mol. The Kier molecular flexibility index (Phi) is 12.1. The van der Waals surface area contributed by atoms with Crippen LogP contribution < -0.4 is 24.3 Å². The number of carbonyl (C=O) groups is 6. The van der Waals surface area contributed by atoms with Crippen molar-refractivity contribution in [3.05, 3.63) is 75.2 Å². The lowest BCUT2D eigenvalue weighted by Gasteiger charge is -2.24. The topological polar surface area (TPSA) is 190 Å². The molecule has 2 N–H and O–H groups in total. The smallest absolute Gasteiger partial charge is 0.349 e. The largest absolute Gasteiger partial charge is 0.493 e. The number of carboxylic acid groups (broad SMARTS) is 1. The normalized spacial score (nSPS) is 11.7. The molecule has 46 heavy (non-hydrogen) atoms. The van der Waals surface area contributed by atoms with Gasteiger partial charge in [-0.05, 0) is 70.5 Å². The van der Waals surface area contributed by atoms with Gasteiger partial charge in [0.05, 0.1) is 30.4 Å². The summed E-state index contributed by atoms with van der Waals surface area (Å²) in [5.41, 5.74) is -0.401. The molecule has 3 aromatic carbocycles. The number of benzene rings is 3. The van der Waals surface area contributed by atoms with Crippen LogP contribution in [0.2, 0.25) is 5.02 Å². The van der Waals surface area contributed by atoms with Gasteiger partial charge < -0.3 is 38.8 Å². The third-order valence-electron chi connectivity index (χ3n) is 5.74. The van der Waals surface area contributed by atoms with E-state index in [1.54, 1.807) is 0 Å². The molecule has 0 spiro atoms. The quantitative estimate of drug-likeness (QED) is 0.197. The molecule has 0 radical (unpaired) electrons. The Morgan fingerprint density at radius 1 is 0.717 bits per heavy atom. The van der Waals surface area contributed by atoms with Crippen molar-refractivity contribution in [3.8, 4) is 23.0 Å². The lowest BCUT2D eigenvalue weighted by Crippen LogP contribution is -2.48. The number of nitrogens with one attached hydrogen (secondary N) is 1. The minimum absolute atomic E-state index is 0.0274. The molecule has 0 bridgehead atoms. The second-order valence-corrected chi connectivity index (χ2v) is 10.3. The van der Waals surface area contributed by atoms with Crippen LogP contribution in [0.5, 0.6) is 23.0 Å². The van der Waals surface area contributed by atoms with E-state index in [1.807, 2.05) is 0 Å². The van der Waals surface area contributed by atoms with Crippen LogP contribution in [0.1, 0.15) is 34.6 Å². The van der Waals surface area contributed by atoms with Crippen molar-refractivity contribution in [2.75, 3.05) is 19.5 Å². The summed E-state index contributed by atoms with van der Waals surface area (Å²) in [6.07, 6.45) is -4.65. The lowest BCUT2D eigenvalue weighted by molar-refractivity contribution is -0.157. The first-order valence-electron chi connectivity index (χ1n) is 12.9. The van der Waals surface area contributed by atoms with Crippen molar-refractivity contribution < 1.29 is 62.3 Å². The van der Waals surface area contributed by atoms with Gasteiger partial charge in [0.25, 0.3) is 5.91 Å². The fourth-order valence-electron chi connectivity index (χ4n) is 3.72. The molecule has 0 heterocycles. The first-order chi connectivity index (χ1) is 21.7. The van der Waals surface area contributed by atoms with Crippen molar-refractivity contribution in [1.29, 1.82) is 0 Å². The van der Waals surface area contributed by atoms with Crippen LogP contribution in [-0.4, -0.2) is 67.3 Å². The van der Waals surface area contributed by atoms with Gasteiger partial charge in [-0.25, -0.2) is 14.4 Å². The predicted molar refractivity (Wildman–Crippen MR) is 162 cm³/mol. The first kappa shape index (κ1) is 35.3. The average Bonchev–Trinajstić information content (AvgIpc) is 3.00.